The number of carbonyl (C=O) groups excluding carboxylic acids is 1. The van der Waals surface area contributed by atoms with E-state index in [-0.39, 0.29) is 11.6 Å². The Morgan fingerprint density at radius 1 is 1.12 bits per heavy atom. The van der Waals surface area contributed by atoms with Crippen LogP contribution in [0.5, 0.6) is 5.75 Å². The van der Waals surface area contributed by atoms with Gasteiger partial charge in [0, 0.05) is 19.5 Å². The molecule has 1 amide bonds. The van der Waals surface area contributed by atoms with Crippen molar-refractivity contribution < 1.29 is 13.9 Å². The highest BCUT2D eigenvalue weighted by molar-refractivity contribution is 5.90. The van der Waals surface area contributed by atoms with Crippen LogP contribution in [-0.2, 0) is 4.79 Å². The van der Waals surface area contributed by atoms with Crippen LogP contribution in [0, 0.1) is 12.7 Å². The van der Waals surface area contributed by atoms with Crippen LogP contribution in [0.2, 0.25) is 0 Å². The van der Waals surface area contributed by atoms with Crippen molar-refractivity contribution >= 4 is 11.6 Å². The maximum atomic E-state index is 13.5. The Morgan fingerprint density at radius 2 is 1.83 bits per heavy atom. The van der Waals surface area contributed by atoms with E-state index in [1.54, 1.807) is 18.2 Å². The van der Waals surface area contributed by atoms with Gasteiger partial charge in [0.05, 0.1) is 5.69 Å². The number of ether oxygens (including phenoxy) is 1. The summed E-state index contributed by atoms with van der Waals surface area (Å²) in [6.07, 6.45) is 0.301. The van der Waals surface area contributed by atoms with Crippen LogP contribution in [0.4, 0.5) is 10.1 Å². The van der Waals surface area contributed by atoms with Crippen LogP contribution < -0.4 is 10.1 Å². The van der Waals surface area contributed by atoms with E-state index in [0.29, 0.717) is 26.1 Å². The number of rotatable bonds is 8. The van der Waals surface area contributed by atoms with Gasteiger partial charge in [-0.15, -0.1) is 0 Å². The summed E-state index contributed by atoms with van der Waals surface area (Å²) in [5.74, 6) is 0.211. The lowest BCUT2D eigenvalue weighted by molar-refractivity contribution is -0.116. The highest BCUT2D eigenvalue weighted by atomic mass is 19.1. The molecule has 2 rings (SSSR count). The van der Waals surface area contributed by atoms with Crippen LogP contribution >= 0.6 is 0 Å². The van der Waals surface area contributed by atoms with Crippen LogP contribution in [0.3, 0.4) is 0 Å². The predicted molar refractivity (Wildman–Crippen MR) is 93.8 cm³/mol. The average Bonchev–Trinajstić information content (AvgIpc) is 2.57. The number of likely N-dealkylation sites (N-methyl/N-ethyl adjacent to an activating group) is 1. The van der Waals surface area contributed by atoms with Crippen LogP contribution in [0.25, 0.3) is 0 Å². The summed E-state index contributed by atoms with van der Waals surface area (Å²) in [4.78, 5) is 13.9. The van der Waals surface area contributed by atoms with Crippen molar-refractivity contribution in [2.45, 2.75) is 13.3 Å². The maximum Gasteiger partial charge on any atom is 0.225 e. The zero-order valence-corrected chi connectivity index (χ0v) is 14.1. The third-order valence-electron chi connectivity index (χ3n) is 3.63. The van der Waals surface area contributed by atoms with Crippen LogP contribution in [0.1, 0.15) is 12.0 Å². The number of benzene rings is 2. The molecule has 4 nitrogen and oxygen atoms in total. The molecule has 0 aliphatic carbocycles. The molecule has 0 aliphatic rings. The SMILES string of the molecule is Cc1ccc(OCCN(C)CCC(=O)Nc2ccccc2F)cc1. The molecule has 0 atom stereocenters. The molecule has 128 valence electrons. The van der Waals surface area contributed by atoms with E-state index in [1.807, 2.05) is 43.1 Å². The van der Waals surface area contributed by atoms with Crippen molar-refractivity contribution in [3.8, 4) is 5.75 Å². The summed E-state index contributed by atoms with van der Waals surface area (Å²) >= 11 is 0. The molecule has 0 heterocycles. The summed E-state index contributed by atoms with van der Waals surface area (Å²) < 4.78 is 19.1. The zero-order chi connectivity index (χ0) is 17.4. The Bertz CT molecular complexity index is 659. The van der Waals surface area contributed by atoms with E-state index in [9.17, 15) is 9.18 Å². The van der Waals surface area contributed by atoms with Crippen molar-refractivity contribution in [1.82, 2.24) is 4.90 Å². The molecule has 0 radical (unpaired) electrons. The molecule has 2 aromatic rings. The number of carbonyl (C=O) groups is 1. The first-order chi connectivity index (χ1) is 11.5. The van der Waals surface area contributed by atoms with E-state index < -0.39 is 5.82 Å². The average molecular weight is 330 g/mol. The fourth-order valence-corrected chi connectivity index (χ4v) is 2.13. The summed E-state index contributed by atoms with van der Waals surface area (Å²) in [7, 11) is 1.93. The Labute approximate surface area is 142 Å². The standard InChI is InChI=1S/C19H23FN2O2/c1-15-7-9-16(10-8-15)24-14-13-22(2)12-11-19(23)21-18-6-4-3-5-17(18)20/h3-10H,11-14H2,1-2H3,(H,21,23). The first-order valence-electron chi connectivity index (χ1n) is 7.97. The third-order valence-corrected chi connectivity index (χ3v) is 3.63. The van der Waals surface area contributed by atoms with Gasteiger partial charge in [0.25, 0.3) is 0 Å². The molecule has 0 spiro atoms. The number of nitrogens with zero attached hydrogens (tertiary/aromatic N) is 1. The van der Waals surface area contributed by atoms with Crippen molar-refractivity contribution in [2.24, 2.45) is 0 Å². The molecule has 2 aromatic carbocycles. The fraction of sp³-hybridized carbons (Fsp3) is 0.316. The minimum atomic E-state index is -0.425. The fourth-order valence-electron chi connectivity index (χ4n) is 2.13. The van der Waals surface area contributed by atoms with Gasteiger partial charge in [0.1, 0.15) is 18.2 Å². The zero-order valence-electron chi connectivity index (χ0n) is 14.1. The van der Waals surface area contributed by atoms with Gasteiger partial charge in [0.2, 0.25) is 5.91 Å². The smallest absolute Gasteiger partial charge is 0.225 e. The topological polar surface area (TPSA) is 41.6 Å². The first-order valence-corrected chi connectivity index (χ1v) is 7.97. The van der Waals surface area contributed by atoms with Crippen molar-refractivity contribution in [3.63, 3.8) is 0 Å². The number of halogens is 1. The van der Waals surface area contributed by atoms with E-state index in [4.69, 9.17) is 4.74 Å². The largest absolute Gasteiger partial charge is 0.492 e. The van der Waals surface area contributed by atoms with Gasteiger partial charge in [0.15, 0.2) is 0 Å². The predicted octanol–water partition coefficient (Wildman–Crippen LogP) is 3.47. The molecular weight excluding hydrogens is 307 g/mol. The Hall–Kier alpha value is -2.40. The highest BCUT2D eigenvalue weighted by Gasteiger charge is 2.08. The molecular formula is C19H23FN2O2. The minimum absolute atomic E-state index is 0.202. The number of amides is 1. The van der Waals surface area contributed by atoms with Crippen LogP contribution in [0.15, 0.2) is 48.5 Å². The van der Waals surface area contributed by atoms with Gasteiger partial charge in [-0.3, -0.25) is 4.79 Å². The number of aryl methyl sites for hydroxylation is 1. The lowest BCUT2D eigenvalue weighted by atomic mass is 10.2. The van der Waals surface area contributed by atoms with Crippen molar-refractivity contribution in [1.29, 1.82) is 0 Å². The van der Waals surface area contributed by atoms with Crippen LogP contribution in [-0.4, -0.2) is 37.6 Å². The second kappa shape index (κ2) is 9.03. The monoisotopic (exact) mass is 330 g/mol. The lowest BCUT2D eigenvalue weighted by Gasteiger charge is -2.17. The normalized spacial score (nSPS) is 10.7. The molecule has 24 heavy (non-hydrogen) atoms. The molecule has 0 aromatic heterocycles. The first kappa shape index (κ1) is 17.9. The van der Waals surface area contributed by atoms with E-state index in [1.165, 1.54) is 11.6 Å². The molecule has 0 aliphatic heterocycles. The van der Waals surface area contributed by atoms with Gasteiger partial charge < -0.3 is 15.0 Å². The van der Waals surface area contributed by atoms with Gasteiger partial charge in [-0.25, -0.2) is 4.39 Å². The molecule has 5 heteroatoms. The van der Waals surface area contributed by atoms with Gasteiger partial charge in [-0.05, 0) is 38.2 Å². The minimum Gasteiger partial charge on any atom is -0.492 e. The third kappa shape index (κ3) is 6.01. The molecule has 0 saturated carbocycles. The Kier molecular flexibility index (Phi) is 6.75. The Morgan fingerprint density at radius 3 is 2.54 bits per heavy atom. The molecule has 0 unspecified atom stereocenters. The number of para-hydroxylation sites is 1. The van der Waals surface area contributed by atoms with Gasteiger partial charge in [-0.1, -0.05) is 29.8 Å². The number of hydrogen-bond donors (Lipinski definition) is 1. The van der Waals surface area contributed by atoms with Gasteiger partial charge in [-0.2, -0.15) is 0 Å². The molecule has 0 fully saturated rings. The summed E-state index contributed by atoms with van der Waals surface area (Å²) in [5.41, 5.74) is 1.41. The molecule has 1 N–H and O–H groups in total. The maximum absolute atomic E-state index is 13.5. The highest BCUT2D eigenvalue weighted by Crippen LogP contribution is 2.13. The van der Waals surface area contributed by atoms with Gasteiger partial charge >= 0.3 is 0 Å². The van der Waals surface area contributed by atoms with E-state index in [0.717, 1.165) is 5.75 Å². The summed E-state index contributed by atoms with van der Waals surface area (Å²) in [6.45, 7) is 3.87. The Balaban J connectivity index is 1.65. The number of nitrogens with one attached hydrogen (secondary N) is 1. The lowest BCUT2D eigenvalue weighted by Crippen LogP contribution is -2.28. The quantitative estimate of drug-likeness (QED) is 0.806. The van der Waals surface area contributed by atoms with E-state index in [2.05, 4.69) is 5.32 Å². The van der Waals surface area contributed by atoms with Crippen molar-refractivity contribution in [3.05, 3.63) is 59.9 Å². The summed E-state index contributed by atoms with van der Waals surface area (Å²) in [6, 6.07) is 14.0. The van der Waals surface area contributed by atoms with Crippen molar-refractivity contribution in [2.75, 3.05) is 32.1 Å². The molecule has 0 saturated heterocycles. The van der Waals surface area contributed by atoms with E-state index >= 15 is 0 Å². The second-order valence-electron chi connectivity index (χ2n) is 5.74. The second-order valence-corrected chi connectivity index (χ2v) is 5.74. The number of hydrogen-bond acceptors (Lipinski definition) is 3. The summed E-state index contributed by atoms with van der Waals surface area (Å²) in [5, 5.41) is 2.58. The molecule has 0 bridgehead atoms. The number of anilines is 1.